The van der Waals surface area contributed by atoms with Gasteiger partial charge >= 0.3 is 6.29 Å². The first-order valence-electron chi connectivity index (χ1n) is 8.37. The molecule has 2 heterocycles. The molecular formula is C21H21F2NO2. The summed E-state index contributed by atoms with van der Waals surface area (Å²) in [6, 6.07) is 15.2. The molecular weight excluding hydrogens is 336 g/mol. The van der Waals surface area contributed by atoms with E-state index in [0.717, 1.165) is 5.52 Å². The third-order valence-corrected chi connectivity index (χ3v) is 4.08. The lowest BCUT2D eigenvalue weighted by molar-refractivity contribution is -0.286. The average Bonchev–Trinajstić information content (AvgIpc) is 2.90. The van der Waals surface area contributed by atoms with Gasteiger partial charge < -0.3 is 9.47 Å². The standard InChI is InChI=1S/C13H15N.C8H6F2O2/c1-13(2,3)11-8-9-14-12-7-5-4-6-10(11)12;1-5-3-2-4-6-7(5)12-8(9,10)11-6/h4-9H,1-3H3;2-4H,1H3. The molecule has 1 aromatic heterocycles. The van der Waals surface area contributed by atoms with Crippen molar-refractivity contribution in [1.82, 2.24) is 4.98 Å². The SMILES string of the molecule is CC(C)(C)c1ccnc2ccccc12.Cc1cccc2c1OC(F)(F)O2. The molecule has 0 spiro atoms. The second-order valence-electron chi connectivity index (χ2n) is 7.20. The topological polar surface area (TPSA) is 31.4 Å². The van der Waals surface area contributed by atoms with E-state index < -0.39 is 6.29 Å². The molecule has 4 rings (SSSR count). The third kappa shape index (κ3) is 3.77. The number of ether oxygens (including phenoxy) is 2. The van der Waals surface area contributed by atoms with Crippen molar-refractivity contribution in [2.45, 2.75) is 39.4 Å². The smallest absolute Gasteiger partial charge is 0.395 e. The second kappa shape index (κ2) is 6.56. The van der Waals surface area contributed by atoms with E-state index in [1.54, 1.807) is 19.1 Å². The summed E-state index contributed by atoms with van der Waals surface area (Å²) >= 11 is 0. The van der Waals surface area contributed by atoms with Crippen molar-refractivity contribution >= 4 is 10.9 Å². The minimum Gasteiger partial charge on any atom is -0.395 e. The van der Waals surface area contributed by atoms with Gasteiger partial charge in [0, 0.05) is 11.6 Å². The molecule has 3 aromatic rings. The van der Waals surface area contributed by atoms with Gasteiger partial charge in [0.05, 0.1) is 5.52 Å². The van der Waals surface area contributed by atoms with Crippen LogP contribution in [0.1, 0.15) is 31.9 Å². The van der Waals surface area contributed by atoms with Crippen LogP contribution in [0.3, 0.4) is 0 Å². The Balaban J connectivity index is 0.000000152. The number of halogens is 2. The van der Waals surface area contributed by atoms with E-state index >= 15 is 0 Å². The Morgan fingerprint density at radius 2 is 1.65 bits per heavy atom. The maximum atomic E-state index is 12.5. The zero-order chi connectivity index (χ0) is 18.9. The lowest BCUT2D eigenvalue weighted by Crippen LogP contribution is -2.26. The molecule has 0 N–H and O–H groups in total. The fraction of sp³-hybridized carbons (Fsp3) is 0.286. The number of alkyl halides is 2. The molecule has 1 aliphatic rings. The number of nitrogens with zero attached hydrogens (tertiary/aromatic N) is 1. The van der Waals surface area contributed by atoms with Crippen molar-refractivity contribution in [1.29, 1.82) is 0 Å². The van der Waals surface area contributed by atoms with E-state index in [4.69, 9.17) is 0 Å². The number of aryl methyl sites for hydroxylation is 1. The first-order valence-corrected chi connectivity index (χ1v) is 8.37. The van der Waals surface area contributed by atoms with Gasteiger partial charge in [0.25, 0.3) is 0 Å². The summed E-state index contributed by atoms with van der Waals surface area (Å²) in [6.45, 7) is 8.38. The van der Waals surface area contributed by atoms with Crippen LogP contribution in [0.2, 0.25) is 0 Å². The molecule has 0 radical (unpaired) electrons. The zero-order valence-electron chi connectivity index (χ0n) is 15.2. The number of aromatic nitrogens is 1. The van der Waals surface area contributed by atoms with Crippen molar-refractivity contribution in [2.75, 3.05) is 0 Å². The van der Waals surface area contributed by atoms with Crippen LogP contribution in [0.25, 0.3) is 10.9 Å². The van der Waals surface area contributed by atoms with Gasteiger partial charge in [0.2, 0.25) is 0 Å². The molecule has 0 fully saturated rings. The fourth-order valence-electron chi connectivity index (χ4n) is 2.85. The summed E-state index contributed by atoms with van der Waals surface area (Å²) in [5.74, 6) is 0.225. The maximum absolute atomic E-state index is 12.5. The Hall–Kier alpha value is -2.69. The molecule has 0 unspecified atom stereocenters. The van der Waals surface area contributed by atoms with Crippen LogP contribution in [0, 0.1) is 6.92 Å². The summed E-state index contributed by atoms with van der Waals surface area (Å²) in [4.78, 5) is 4.36. The van der Waals surface area contributed by atoms with Gasteiger partial charge in [-0.05, 0) is 41.7 Å². The van der Waals surface area contributed by atoms with Crippen LogP contribution in [-0.4, -0.2) is 11.3 Å². The minimum atomic E-state index is -3.51. The number of para-hydroxylation sites is 2. The molecule has 0 bridgehead atoms. The summed E-state index contributed by atoms with van der Waals surface area (Å²) in [5, 5.41) is 1.27. The molecule has 0 aliphatic carbocycles. The molecule has 0 atom stereocenters. The van der Waals surface area contributed by atoms with E-state index in [9.17, 15) is 8.78 Å². The lowest BCUT2D eigenvalue weighted by atomic mass is 9.85. The normalized spacial score (nSPS) is 14.7. The molecule has 1 aliphatic heterocycles. The van der Waals surface area contributed by atoms with Gasteiger partial charge in [0.15, 0.2) is 11.5 Å². The number of rotatable bonds is 0. The molecule has 136 valence electrons. The number of hydrogen-bond donors (Lipinski definition) is 0. The maximum Gasteiger partial charge on any atom is 0.586 e. The minimum absolute atomic E-state index is 0.0972. The van der Waals surface area contributed by atoms with Gasteiger partial charge in [-0.25, -0.2) is 0 Å². The first-order chi connectivity index (χ1) is 12.2. The van der Waals surface area contributed by atoms with Crippen LogP contribution in [0.5, 0.6) is 11.5 Å². The van der Waals surface area contributed by atoms with Crippen molar-refractivity contribution in [2.24, 2.45) is 0 Å². The highest BCUT2D eigenvalue weighted by atomic mass is 19.3. The predicted molar refractivity (Wildman–Crippen MR) is 97.8 cm³/mol. The van der Waals surface area contributed by atoms with Crippen LogP contribution >= 0.6 is 0 Å². The molecule has 5 heteroatoms. The van der Waals surface area contributed by atoms with Gasteiger partial charge in [-0.3, -0.25) is 4.98 Å². The Morgan fingerprint density at radius 3 is 2.35 bits per heavy atom. The predicted octanol–water partition coefficient (Wildman–Crippen LogP) is 5.85. The number of fused-ring (bicyclic) bond motifs is 2. The van der Waals surface area contributed by atoms with E-state index in [1.165, 1.54) is 17.0 Å². The van der Waals surface area contributed by atoms with Crippen molar-refractivity contribution in [3.8, 4) is 11.5 Å². The highest BCUT2D eigenvalue weighted by Crippen LogP contribution is 2.42. The van der Waals surface area contributed by atoms with Gasteiger partial charge in [0.1, 0.15) is 0 Å². The van der Waals surface area contributed by atoms with Gasteiger partial charge in [-0.2, -0.15) is 0 Å². The average molecular weight is 357 g/mol. The van der Waals surface area contributed by atoms with Crippen molar-refractivity contribution in [3.05, 3.63) is 65.9 Å². The lowest BCUT2D eigenvalue weighted by Gasteiger charge is -2.20. The summed E-state index contributed by atoms with van der Waals surface area (Å²) in [7, 11) is 0. The number of pyridine rings is 1. The zero-order valence-corrected chi connectivity index (χ0v) is 15.2. The monoisotopic (exact) mass is 357 g/mol. The second-order valence-corrected chi connectivity index (χ2v) is 7.20. The largest absolute Gasteiger partial charge is 0.586 e. The van der Waals surface area contributed by atoms with E-state index in [1.807, 2.05) is 12.3 Å². The van der Waals surface area contributed by atoms with Crippen LogP contribution in [0.15, 0.2) is 54.7 Å². The third-order valence-electron chi connectivity index (χ3n) is 4.08. The Kier molecular flexibility index (Phi) is 4.57. The summed E-state index contributed by atoms with van der Waals surface area (Å²) < 4.78 is 33.4. The highest BCUT2D eigenvalue weighted by molar-refractivity contribution is 5.82. The van der Waals surface area contributed by atoms with Crippen LogP contribution < -0.4 is 9.47 Å². The molecule has 26 heavy (non-hydrogen) atoms. The number of hydrogen-bond acceptors (Lipinski definition) is 3. The first kappa shape index (κ1) is 18.1. The van der Waals surface area contributed by atoms with E-state index in [2.05, 4.69) is 59.5 Å². The molecule has 0 saturated heterocycles. The Bertz CT molecular complexity index is 927. The highest BCUT2D eigenvalue weighted by Gasteiger charge is 2.43. The Labute approximate surface area is 151 Å². The molecule has 0 saturated carbocycles. The Morgan fingerprint density at radius 1 is 0.923 bits per heavy atom. The summed E-state index contributed by atoms with van der Waals surface area (Å²) in [6.07, 6.45) is -1.61. The molecule has 3 nitrogen and oxygen atoms in total. The van der Waals surface area contributed by atoms with E-state index in [0.29, 0.717) is 5.56 Å². The quantitative estimate of drug-likeness (QED) is 0.506. The molecule has 0 amide bonds. The van der Waals surface area contributed by atoms with E-state index in [-0.39, 0.29) is 16.9 Å². The van der Waals surface area contributed by atoms with Crippen molar-refractivity contribution < 1.29 is 18.3 Å². The van der Waals surface area contributed by atoms with Gasteiger partial charge in [-0.1, -0.05) is 51.1 Å². The van der Waals surface area contributed by atoms with Gasteiger partial charge in [-0.15, -0.1) is 8.78 Å². The summed E-state index contributed by atoms with van der Waals surface area (Å²) in [5.41, 5.74) is 3.27. The molecule has 2 aromatic carbocycles. The van der Waals surface area contributed by atoms with Crippen LogP contribution in [0.4, 0.5) is 8.78 Å². The number of benzene rings is 2. The van der Waals surface area contributed by atoms with Crippen LogP contribution in [-0.2, 0) is 5.41 Å². The fourth-order valence-corrected chi connectivity index (χ4v) is 2.85. The van der Waals surface area contributed by atoms with Crippen molar-refractivity contribution in [3.63, 3.8) is 0 Å².